The lowest BCUT2D eigenvalue weighted by atomic mass is 10.1. The average Bonchev–Trinajstić information content (AvgIpc) is 3.33. The number of carbonyl (C=O) groups is 3. The van der Waals surface area contributed by atoms with Crippen molar-refractivity contribution in [2.75, 3.05) is 13.2 Å². The Hall–Kier alpha value is -3.26. The van der Waals surface area contributed by atoms with Crippen LogP contribution in [0.4, 0.5) is 0 Å². The van der Waals surface area contributed by atoms with Gasteiger partial charge in [0.2, 0.25) is 5.78 Å². The van der Waals surface area contributed by atoms with Crippen LogP contribution in [0.5, 0.6) is 0 Å². The second-order valence-corrected chi connectivity index (χ2v) is 7.87. The molecule has 30 heavy (non-hydrogen) atoms. The summed E-state index contributed by atoms with van der Waals surface area (Å²) in [4.78, 5) is 41.0. The van der Waals surface area contributed by atoms with Gasteiger partial charge in [0, 0.05) is 34.1 Å². The van der Waals surface area contributed by atoms with E-state index in [1.54, 1.807) is 24.4 Å². The summed E-state index contributed by atoms with van der Waals surface area (Å²) >= 11 is 1.47. The molecular formula is C22H23N3O4S. The molecule has 2 heterocycles. The highest BCUT2D eigenvalue weighted by molar-refractivity contribution is 7.12. The molecule has 1 aromatic carbocycles. The Balaban J connectivity index is 1.55. The van der Waals surface area contributed by atoms with Crippen LogP contribution in [0, 0.1) is 27.7 Å². The standard InChI is InChI=1S/C22H23N3O4S/c1-13-5-6-17(9-14(13)2)21(28)24-11-20(27)29-12-19(26)18-10-15(3)25(16(18)4)22-23-7-8-30-22/h5-10H,11-12H2,1-4H3,(H,24,28). The number of ketones is 1. The molecule has 0 saturated heterocycles. The molecule has 0 aliphatic rings. The Morgan fingerprint density at radius 1 is 1.10 bits per heavy atom. The first kappa shape index (κ1) is 21.4. The molecule has 0 aliphatic carbocycles. The first-order valence-electron chi connectivity index (χ1n) is 9.41. The van der Waals surface area contributed by atoms with Crippen molar-refractivity contribution in [3.63, 3.8) is 0 Å². The van der Waals surface area contributed by atoms with Gasteiger partial charge in [-0.25, -0.2) is 4.98 Å². The highest BCUT2D eigenvalue weighted by Gasteiger charge is 2.19. The summed E-state index contributed by atoms with van der Waals surface area (Å²) in [5.41, 5.74) is 4.64. The van der Waals surface area contributed by atoms with Gasteiger partial charge in [-0.1, -0.05) is 6.07 Å². The summed E-state index contributed by atoms with van der Waals surface area (Å²) in [6.07, 6.45) is 1.70. The van der Waals surface area contributed by atoms with Crippen molar-refractivity contribution in [3.05, 3.63) is 69.5 Å². The van der Waals surface area contributed by atoms with Gasteiger partial charge >= 0.3 is 5.97 Å². The zero-order valence-electron chi connectivity index (χ0n) is 17.3. The first-order valence-corrected chi connectivity index (χ1v) is 10.3. The molecule has 0 atom stereocenters. The van der Waals surface area contributed by atoms with Crippen LogP contribution in [0.2, 0.25) is 0 Å². The van der Waals surface area contributed by atoms with E-state index >= 15 is 0 Å². The number of rotatable bonds is 7. The number of aryl methyl sites for hydroxylation is 3. The van der Waals surface area contributed by atoms with E-state index in [1.165, 1.54) is 11.3 Å². The number of nitrogens with one attached hydrogen (secondary N) is 1. The van der Waals surface area contributed by atoms with Gasteiger partial charge in [-0.2, -0.15) is 0 Å². The predicted octanol–water partition coefficient (Wildman–Crippen LogP) is 3.32. The zero-order chi connectivity index (χ0) is 21.8. The number of aromatic nitrogens is 2. The average molecular weight is 426 g/mol. The van der Waals surface area contributed by atoms with Crippen LogP contribution in [-0.4, -0.2) is 40.4 Å². The van der Waals surface area contributed by atoms with Gasteiger partial charge in [-0.05, 0) is 57.0 Å². The SMILES string of the molecule is Cc1ccc(C(=O)NCC(=O)OCC(=O)c2cc(C)n(-c3nccs3)c2C)cc1C. The lowest BCUT2D eigenvalue weighted by molar-refractivity contribution is -0.141. The molecule has 3 aromatic rings. The predicted molar refractivity (Wildman–Crippen MR) is 114 cm³/mol. The normalized spacial score (nSPS) is 10.7. The third-order valence-electron chi connectivity index (χ3n) is 4.87. The Morgan fingerprint density at radius 3 is 2.53 bits per heavy atom. The van der Waals surface area contributed by atoms with Crippen molar-refractivity contribution >= 4 is 29.0 Å². The monoisotopic (exact) mass is 425 g/mol. The fraction of sp³-hybridized carbons (Fsp3) is 0.273. The minimum absolute atomic E-state index is 0.306. The Bertz CT molecular complexity index is 1100. The van der Waals surface area contributed by atoms with Crippen LogP contribution in [0.25, 0.3) is 5.13 Å². The number of nitrogens with zero attached hydrogens (tertiary/aromatic N) is 2. The quantitative estimate of drug-likeness (QED) is 0.463. The van der Waals surface area contributed by atoms with E-state index in [0.717, 1.165) is 27.6 Å². The second-order valence-electron chi connectivity index (χ2n) is 7.00. The van der Waals surface area contributed by atoms with Crippen molar-refractivity contribution in [1.82, 2.24) is 14.9 Å². The number of amides is 1. The van der Waals surface area contributed by atoms with Gasteiger partial charge in [0.25, 0.3) is 5.91 Å². The van der Waals surface area contributed by atoms with Crippen molar-refractivity contribution in [3.8, 4) is 5.13 Å². The molecule has 8 heteroatoms. The molecule has 3 rings (SSSR count). The minimum Gasteiger partial charge on any atom is -0.456 e. The van der Waals surface area contributed by atoms with Gasteiger partial charge in [-0.15, -0.1) is 11.3 Å². The molecule has 1 amide bonds. The number of thiazole rings is 1. The summed E-state index contributed by atoms with van der Waals surface area (Å²) in [6, 6.07) is 7.07. The highest BCUT2D eigenvalue weighted by atomic mass is 32.1. The van der Waals surface area contributed by atoms with Gasteiger partial charge < -0.3 is 10.1 Å². The molecule has 7 nitrogen and oxygen atoms in total. The van der Waals surface area contributed by atoms with E-state index in [9.17, 15) is 14.4 Å². The smallest absolute Gasteiger partial charge is 0.325 e. The summed E-state index contributed by atoms with van der Waals surface area (Å²) in [5.74, 6) is -1.35. The Morgan fingerprint density at radius 2 is 1.87 bits per heavy atom. The number of hydrogen-bond donors (Lipinski definition) is 1. The maximum atomic E-state index is 12.5. The van der Waals surface area contributed by atoms with Crippen LogP contribution in [0.15, 0.2) is 35.8 Å². The number of benzene rings is 1. The van der Waals surface area contributed by atoms with Crippen LogP contribution in [-0.2, 0) is 9.53 Å². The first-order chi connectivity index (χ1) is 14.3. The van der Waals surface area contributed by atoms with Gasteiger partial charge in [0.15, 0.2) is 11.7 Å². The lowest BCUT2D eigenvalue weighted by Gasteiger charge is -2.08. The third-order valence-corrected chi connectivity index (χ3v) is 5.63. The van der Waals surface area contributed by atoms with E-state index in [0.29, 0.717) is 11.1 Å². The highest BCUT2D eigenvalue weighted by Crippen LogP contribution is 2.22. The fourth-order valence-corrected chi connectivity index (χ4v) is 3.83. The second kappa shape index (κ2) is 9.04. The largest absolute Gasteiger partial charge is 0.456 e. The van der Waals surface area contributed by atoms with Crippen molar-refractivity contribution in [1.29, 1.82) is 0 Å². The molecule has 0 spiro atoms. The Labute approximate surface area is 178 Å². The van der Waals surface area contributed by atoms with Crippen LogP contribution < -0.4 is 5.32 Å². The molecule has 0 fully saturated rings. The van der Waals surface area contributed by atoms with Gasteiger partial charge in [0.05, 0.1) is 0 Å². The topological polar surface area (TPSA) is 90.3 Å². The summed E-state index contributed by atoms with van der Waals surface area (Å²) < 4.78 is 6.95. The number of ether oxygens (including phenoxy) is 1. The van der Waals surface area contributed by atoms with E-state index in [2.05, 4.69) is 10.3 Å². The fourth-order valence-electron chi connectivity index (χ4n) is 3.08. The summed E-state index contributed by atoms with van der Waals surface area (Å²) in [7, 11) is 0. The van der Waals surface area contributed by atoms with E-state index in [1.807, 2.05) is 43.7 Å². The van der Waals surface area contributed by atoms with Crippen LogP contribution >= 0.6 is 11.3 Å². The molecule has 0 unspecified atom stereocenters. The van der Waals surface area contributed by atoms with E-state index < -0.39 is 5.97 Å². The van der Waals surface area contributed by atoms with Crippen molar-refractivity contribution < 1.29 is 19.1 Å². The molecule has 1 N–H and O–H groups in total. The molecule has 156 valence electrons. The third kappa shape index (κ3) is 4.65. The molecule has 0 aliphatic heterocycles. The van der Waals surface area contributed by atoms with Gasteiger partial charge in [0.1, 0.15) is 6.54 Å². The number of hydrogen-bond acceptors (Lipinski definition) is 6. The lowest BCUT2D eigenvalue weighted by Crippen LogP contribution is -2.31. The summed E-state index contributed by atoms with van der Waals surface area (Å²) in [6.45, 7) is 6.89. The van der Waals surface area contributed by atoms with Crippen molar-refractivity contribution in [2.45, 2.75) is 27.7 Å². The number of Topliss-reactive ketones (excluding diaryl/α,β-unsaturated/α-hetero) is 1. The van der Waals surface area contributed by atoms with Crippen LogP contribution in [0.1, 0.15) is 43.2 Å². The molecule has 2 aromatic heterocycles. The maximum absolute atomic E-state index is 12.5. The Kier molecular flexibility index (Phi) is 6.47. The van der Waals surface area contributed by atoms with Crippen LogP contribution in [0.3, 0.4) is 0 Å². The molecule has 0 bridgehead atoms. The molecular weight excluding hydrogens is 402 g/mol. The minimum atomic E-state index is -0.672. The van der Waals surface area contributed by atoms with Gasteiger partial charge in [-0.3, -0.25) is 19.0 Å². The number of esters is 1. The van der Waals surface area contributed by atoms with E-state index in [4.69, 9.17) is 4.74 Å². The van der Waals surface area contributed by atoms with E-state index in [-0.39, 0.29) is 24.8 Å². The molecule has 0 radical (unpaired) electrons. The number of carbonyl (C=O) groups excluding carboxylic acids is 3. The summed E-state index contributed by atoms with van der Waals surface area (Å²) in [5, 5.41) is 5.15. The maximum Gasteiger partial charge on any atom is 0.325 e. The zero-order valence-corrected chi connectivity index (χ0v) is 18.1. The van der Waals surface area contributed by atoms with Crippen molar-refractivity contribution in [2.24, 2.45) is 0 Å². The molecule has 0 saturated carbocycles.